The van der Waals surface area contributed by atoms with E-state index in [1.165, 1.54) is 6.42 Å². The summed E-state index contributed by atoms with van der Waals surface area (Å²) in [6.45, 7) is 0.496. The summed E-state index contributed by atoms with van der Waals surface area (Å²) >= 11 is 1.66. The van der Waals surface area contributed by atoms with Crippen LogP contribution in [-0.2, 0) is 9.59 Å². The smallest absolute Gasteiger partial charge is 0.322 e. The minimum absolute atomic E-state index is 0.0249. The van der Waals surface area contributed by atoms with Crippen LogP contribution in [0.2, 0.25) is 0 Å². The number of aromatic nitrogens is 2. The van der Waals surface area contributed by atoms with E-state index in [0.29, 0.717) is 18.9 Å². The summed E-state index contributed by atoms with van der Waals surface area (Å²) in [6, 6.07) is 8.05. The highest BCUT2D eigenvalue weighted by Crippen LogP contribution is 2.32. The zero-order chi connectivity index (χ0) is 19.5. The second-order valence-electron chi connectivity index (χ2n) is 7.37. The van der Waals surface area contributed by atoms with Crippen LogP contribution in [0.5, 0.6) is 0 Å². The van der Waals surface area contributed by atoms with Crippen molar-refractivity contribution in [3.05, 3.63) is 30.2 Å². The van der Waals surface area contributed by atoms with Crippen molar-refractivity contribution in [1.29, 1.82) is 0 Å². The lowest BCUT2D eigenvalue weighted by molar-refractivity contribution is -0.121. The number of thioether (sulfide) groups is 1. The zero-order valence-electron chi connectivity index (χ0n) is 15.9. The Bertz CT molecular complexity index is 845. The molecule has 1 saturated heterocycles. The van der Waals surface area contributed by atoms with E-state index < -0.39 is 0 Å². The molecule has 8 heteroatoms. The number of nitrogens with one attached hydrogen (secondary N) is 1. The molecule has 0 radical (unpaired) electrons. The van der Waals surface area contributed by atoms with E-state index in [9.17, 15) is 9.59 Å². The number of benzene rings is 1. The maximum atomic E-state index is 12.5. The number of anilines is 2. The summed E-state index contributed by atoms with van der Waals surface area (Å²) in [5.41, 5.74) is 0.871. The van der Waals surface area contributed by atoms with E-state index >= 15 is 0 Å². The van der Waals surface area contributed by atoms with Crippen LogP contribution in [0.15, 0.2) is 33.6 Å². The molecule has 1 aliphatic heterocycles. The van der Waals surface area contributed by atoms with E-state index in [4.69, 9.17) is 4.42 Å². The predicted molar refractivity (Wildman–Crippen MR) is 107 cm³/mol. The normalized spacial score (nSPS) is 20.5. The van der Waals surface area contributed by atoms with Gasteiger partial charge in [-0.25, -0.2) is 0 Å². The molecule has 0 unspecified atom stereocenters. The first-order valence-electron chi connectivity index (χ1n) is 9.72. The molecule has 1 aliphatic carbocycles. The van der Waals surface area contributed by atoms with Crippen molar-refractivity contribution < 1.29 is 14.0 Å². The van der Waals surface area contributed by atoms with Gasteiger partial charge in [-0.3, -0.25) is 14.9 Å². The quantitative estimate of drug-likeness (QED) is 0.768. The molecule has 0 bridgehead atoms. The van der Waals surface area contributed by atoms with E-state index in [2.05, 4.69) is 15.5 Å². The van der Waals surface area contributed by atoms with Crippen molar-refractivity contribution in [3.63, 3.8) is 0 Å². The van der Waals surface area contributed by atoms with Crippen LogP contribution in [0, 0.1) is 5.92 Å². The summed E-state index contributed by atoms with van der Waals surface area (Å²) in [7, 11) is 0. The van der Waals surface area contributed by atoms with Crippen LogP contribution in [0.25, 0.3) is 0 Å². The third kappa shape index (κ3) is 4.06. The number of nitrogens with zero attached hydrogens (tertiary/aromatic N) is 3. The Labute approximate surface area is 168 Å². The Hall–Kier alpha value is -2.35. The van der Waals surface area contributed by atoms with Crippen LogP contribution >= 0.6 is 11.8 Å². The zero-order valence-corrected chi connectivity index (χ0v) is 16.7. The molecule has 2 aliphatic rings. The lowest BCUT2D eigenvalue weighted by Gasteiger charge is -2.19. The van der Waals surface area contributed by atoms with Gasteiger partial charge in [-0.2, -0.15) is 0 Å². The van der Waals surface area contributed by atoms with Crippen LogP contribution in [0.3, 0.4) is 0 Å². The molecule has 148 valence electrons. The number of carbonyl (C=O) groups is 2. The van der Waals surface area contributed by atoms with E-state index in [1.807, 2.05) is 30.5 Å². The van der Waals surface area contributed by atoms with Gasteiger partial charge in [0.1, 0.15) is 0 Å². The van der Waals surface area contributed by atoms with Crippen molar-refractivity contribution in [2.45, 2.75) is 49.3 Å². The SMILES string of the molecule is CSc1ccc(N2C[C@H](c3nnc(NC(=O)C4CCCCC4)o3)CC2=O)cc1. The molecule has 1 aromatic carbocycles. The molecular weight excluding hydrogens is 376 g/mol. The van der Waals surface area contributed by atoms with E-state index in [1.54, 1.807) is 16.7 Å². The maximum absolute atomic E-state index is 12.5. The van der Waals surface area contributed by atoms with Crippen LogP contribution in [-0.4, -0.2) is 34.8 Å². The Morgan fingerprint density at radius 1 is 1.18 bits per heavy atom. The predicted octanol–water partition coefficient (Wildman–Crippen LogP) is 3.83. The molecule has 2 amide bonds. The van der Waals surface area contributed by atoms with Crippen LogP contribution < -0.4 is 10.2 Å². The minimum Gasteiger partial charge on any atom is -0.407 e. The van der Waals surface area contributed by atoms with E-state index in [-0.39, 0.29) is 29.7 Å². The fourth-order valence-corrected chi connectivity index (χ4v) is 4.32. The van der Waals surface area contributed by atoms with Crippen molar-refractivity contribution >= 4 is 35.3 Å². The van der Waals surface area contributed by atoms with Crippen molar-refractivity contribution in [1.82, 2.24) is 10.2 Å². The molecule has 1 aromatic heterocycles. The molecule has 0 spiro atoms. The standard InChI is InChI=1S/C20H24N4O3S/c1-28-16-9-7-15(8-10-16)24-12-14(11-17(24)25)19-22-23-20(27-19)21-18(26)13-5-3-2-4-6-13/h7-10,13-14H,2-6,11-12H2,1H3,(H,21,23,26)/t14-/m1/s1. The summed E-state index contributed by atoms with van der Waals surface area (Å²) in [5.74, 6) is 0.244. The van der Waals surface area contributed by atoms with Gasteiger partial charge >= 0.3 is 6.01 Å². The summed E-state index contributed by atoms with van der Waals surface area (Å²) in [5, 5.41) is 10.8. The molecule has 4 rings (SSSR count). The lowest BCUT2D eigenvalue weighted by Crippen LogP contribution is -2.24. The van der Waals surface area contributed by atoms with Gasteiger partial charge in [0.05, 0.1) is 5.92 Å². The molecule has 1 saturated carbocycles. The topological polar surface area (TPSA) is 88.3 Å². The average Bonchev–Trinajstić information content (AvgIpc) is 3.35. The number of hydrogen-bond donors (Lipinski definition) is 1. The lowest BCUT2D eigenvalue weighted by atomic mass is 9.89. The molecular formula is C20H24N4O3S. The van der Waals surface area contributed by atoms with Gasteiger partial charge in [0.25, 0.3) is 0 Å². The van der Waals surface area contributed by atoms with Gasteiger partial charge in [0.15, 0.2) is 0 Å². The average molecular weight is 401 g/mol. The van der Waals surface area contributed by atoms with Gasteiger partial charge in [0.2, 0.25) is 17.7 Å². The van der Waals surface area contributed by atoms with Crippen molar-refractivity contribution in [3.8, 4) is 0 Å². The van der Waals surface area contributed by atoms with Gasteiger partial charge in [0, 0.05) is 29.5 Å². The van der Waals surface area contributed by atoms with Gasteiger partial charge in [-0.05, 0) is 43.4 Å². The monoisotopic (exact) mass is 400 g/mol. The third-order valence-electron chi connectivity index (χ3n) is 5.51. The Kier molecular flexibility index (Phi) is 5.66. The minimum atomic E-state index is -0.166. The Morgan fingerprint density at radius 3 is 2.64 bits per heavy atom. The first-order chi connectivity index (χ1) is 13.6. The molecule has 1 N–H and O–H groups in total. The van der Waals surface area contributed by atoms with Crippen molar-refractivity contribution in [2.75, 3.05) is 23.0 Å². The highest BCUT2D eigenvalue weighted by atomic mass is 32.2. The number of hydrogen-bond acceptors (Lipinski definition) is 6. The summed E-state index contributed by atoms with van der Waals surface area (Å²) < 4.78 is 5.66. The molecule has 7 nitrogen and oxygen atoms in total. The van der Waals surface area contributed by atoms with Crippen LogP contribution in [0.4, 0.5) is 11.7 Å². The number of amides is 2. The van der Waals surface area contributed by atoms with Crippen LogP contribution in [0.1, 0.15) is 50.3 Å². The molecule has 2 fully saturated rings. The van der Waals surface area contributed by atoms with Gasteiger partial charge in [-0.15, -0.1) is 16.9 Å². The number of carbonyl (C=O) groups excluding carboxylic acids is 2. The number of rotatable bonds is 5. The first kappa shape index (κ1) is 19.0. The first-order valence-corrected chi connectivity index (χ1v) is 10.9. The highest BCUT2D eigenvalue weighted by molar-refractivity contribution is 7.98. The Balaban J connectivity index is 1.39. The molecule has 1 atom stereocenters. The van der Waals surface area contributed by atoms with Crippen molar-refractivity contribution in [2.24, 2.45) is 5.92 Å². The van der Waals surface area contributed by atoms with Gasteiger partial charge < -0.3 is 9.32 Å². The fraction of sp³-hybridized carbons (Fsp3) is 0.500. The highest BCUT2D eigenvalue weighted by Gasteiger charge is 2.35. The summed E-state index contributed by atoms with van der Waals surface area (Å²) in [4.78, 5) is 27.7. The molecule has 2 aromatic rings. The Morgan fingerprint density at radius 2 is 1.93 bits per heavy atom. The third-order valence-corrected chi connectivity index (χ3v) is 6.25. The second-order valence-corrected chi connectivity index (χ2v) is 8.25. The van der Waals surface area contributed by atoms with E-state index in [0.717, 1.165) is 36.3 Å². The second kappa shape index (κ2) is 8.34. The largest absolute Gasteiger partial charge is 0.407 e. The molecule has 28 heavy (non-hydrogen) atoms. The maximum Gasteiger partial charge on any atom is 0.322 e. The summed E-state index contributed by atoms with van der Waals surface area (Å²) in [6.07, 6.45) is 7.54. The fourth-order valence-electron chi connectivity index (χ4n) is 3.91. The van der Waals surface area contributed by atoms with Gasteiger partial charge in [-0.1, -0.05) is 24.4 Å². The molecule has 2 heterocycles.